The van der Waals surface area contributed by atoms with Gasteiger partial charge in [0.2, 0.25) is 11.8 Å². The summed E-state index contributed by atoms with van der Waals surface area (Å²) >= 11 is 0. The van der Waals surface area contributed by atoms with E-state index >= 15 is 0 Å². The molecule has 0 aromatic heterocycles. The Morgan fingerprint density at radius 2 is 1.76 bits per heavy atom. The molecule has 1 heterocycles. The Morgan fingerprint density at radius 1 is 1.10 bits per heavy atom. The van der Waals surface area contributed by atoms with Crippen LogP contribution in [0.25, 0.3) is 0 Å². The van der Waals surface area contributed by atoms with Crippen molar-refractivity contribution in [3.8, 4) is 0 Å². The molecule has 0 radical (unpaired) electrons. The predicted molar refractivity (Wildman–Crippen MR) is 83.8 cm³/mol. The van der Waals surface area contributed by atoms with Gasteiger partial charge in [-0.2, -0.15) is 0 Å². The fourth-order valence-electron chi connectivity index (χ4n) is 3.61. The highest BCUT2D eigenvalue weighted by molar-refractivity contribution is 5.98. The largest absolute Gasteiger partial charge is 0.340 e. The van der Waals surface area contributed by atoms with Crippen molar-refractivity contribution in [2.24, 2.45) is 5.92 Å². The Morgan fingerprint density at radius 3 is 2.43 bits per heavy atom. The number of carbonyl (C=O) groups is 2. The Labute approximate surface area is 128 Å². The molecule has 2 amide bonds. The van der Waals surface area contributed by atoms with E-state index in [4.69, 9.17) is 0 Å². The van der Waals surface area contributed by atoms with Crippen LogP contribution in [-0.4, -0.2) is 35.3 Å². The second-order valence-corrected chi connectivity index (χ2v) is 7.16. The fraction of sp³-hybridized carbons (Fsp3) is 0.882. The summed E-state index contributed by atoms with van der Waals surface area (Å²) in [4.78, 5) is 26.3. The third kappa shape index (κ3) is 4.21. The minimum Gasteiger partial charge on any atom is -0.340 e. The lowest BCUT2D eigenvalue weighted by Crippen LogP contribution is -2.65. The number of unbranched alkanes of at least 4 members (excludes halogenated alkanes) is 3. The van der Waals surface area contributed by atoms with Crippen molar-refractivity contribution >= 4 is 11.8 Å². The lowest BCUT2D eigenvalue weighted by Gasteiger charge is -2.39. The molecule has 0 aromatic rings. The van der Waals surface area contributed by atoms with Gasteiger partial charge < -0.3 is 10.2 Å². The normalized spacial score (nSPS) is 21.4. The summed E-state index contributed by atoms with van der Waals surface area (Å²) in [5, 5.41) is 2.96. The van der Waals surface area contributed by atoms with Crippen molar-refractivity contribution < 1.29 is 9.59 Å². The number of nitrogens with zero attached hydrogens (tertiary/aromatic N) is 1. The molecule has 0 atom stereocenters. The van der Waals surface area contributed by atoms with Gasteiger partial charge in [-0.1, -0.05) is 52.4 Å². The third-order valence-corrected chi connectivity index (χ3v) is 4.83. The summed E-state index contributed by atoms with van der Waals surface area (Å²) in [6.45, 7) is 5.51. The maximum atomic E-state index is 12.6. The molecule has 1 spiro atoms. The Hall–Kier alpha value is -1.06. The number of piperazine rings is 1. The van der Waals surface area contributed by atoms with Gasteiger partial charge in [-0.05, 0) is 25.2 Å². The molecular formula is C17H30N2O2. The molecule has 120 valence electrons. The molecule has 0 unspecified atom stereocenters. The van der Waals surface area contributed by atoms with Gasteiger partial charge in [0.1, 0.15) is 5.54 Å². The van der Waals surface area contributed by atoms with Crippen LogP contribution in [0.4, 0.5) is 0 Å². The van der Waals surface area contributed by atoms with Crippen molar-refractivity contribution in [1.29, 1.82) is 0 Å². The molecule has 1 aliphatic heterocycles. The molecule has 1 saturated carbocycles. The van der Waals surface area contributed by atoms with Crippen molar-refractivity contribution in [2.75, 3.05) is 13.1 Å². The smallest absolute Gasteiger partial charge is 0.248 e. The van der Waals surface area contributed by atoms with Crippen molar-refractivity contribution in [1.82, 2.24) is 10.2 Å². The molecule has 21 heavy (non-hydrogen) atoms. The van der Waals surface area contributed by atoms with Crippen LogP contribution in [0.3, 0.4) is 0 Å². The highest BCUT2D eigenvalue weighted by atomic mass is 16.2. The summed E-state index contributed by atoms with van der Waals surface area (Å²) in [5.74, 6) is 0.970. The molecule has 1 N–H and O–H groups in total. The lowest BCUT2D eigenvalue weighted by atomic mass is 9.93. The minimum atomic E-state index is -0.549. The number of amides is 2. The second-order valence-electron chi connectivity index (χ2n) is 7.16. The van der Waals surface area contributed by atoms with E-state index in [1.807, 2.05) is 0 Å². The molecule has 0 aromatic carbocycles. The first-order valence-corrected chi connectivity index (χ1v) is 8.64. The van der Waals surface area contributed by atoms with E-state index in [-0.39, 0.29) is 18.4 Å². The summed E-state index contributed by atoms with van der Waals surface area (Å²) in [6.07, 6.45) is 9.72. The van der Waals surface area contributed by atoms with Crippen LogP contribution in [0.2, 0.25) is 0 Å². The first-order chi connectivity index (χ1) is 10.0. The van der Waals surface area contributed by atoms with Crippen LogP contribution < -0.4 is 5.32 Å². The maximum Gasteiger partial charge on any atom is 0.248 e. The summed E-state index contributed by atoms with van der Waals surface area (Å²) in [7, 11) is 0. The highest BCUT2D eigenvalue weighted by Crippen LogP contribution is 2.33. The van der Waals surface area contributed by atoms with Crippen LogP contribution in [0.1, 0.15) is 71.6 Å². The molecule has 2 fully saturated rings. The molecule has 1 aliphatic carbocycles. The molecule has 0 bridgehead atoms. The van der Waals surface area contributed by atoms with E-state index in [0.717, 1.165) is 51.0 Å². The van der Waals surface area contributed by atoms with Crippen LogP contribution in [0.5, 0.6) is 0 Å². The van der Waals surface area contributed by atoms with Gasteiger partial charge in [0, 0.05) is 6.54 Å². The monoisotopic (exact) mass is 294 g/mol. The highest BCUT2D eigenvalue weighted by Gasteiger charge is 2.47. The number of hydrogen-bond donors (Lipinski definition) is 1. The summed E-state index contributed by atoms with van der Waals surface area (Å²) in [5.41, 5.74) is -0.549. The zero-order chi connectivity index (χ0) is 15.3. The average Bonchev–Trinajstić information content (AvgIpc) is 2.88. The zero-order valence-corrected chi connectivity index (χ0v) is 13.6. The molecular weight excluding hydrogens is 264 g/mol. The first kappa shape index (κ1) is 16.3. The standard InChI is InChI=1S/C17H30N2O2/c1-14(2)9-5-3-4-8-12-19-13-15(20)18-17(16(19)21)10-6-7-11-17/h14H,3-13H2,1-2H3,(H,18,20). The Bertz CT molecular complexity index is 373. The molecule has 2 aliphatic rings. The molecule has 1 saturated heterocycles. The van der Waals surface area contributed by atoms with Crippen LogP contribution in [0, 0.1) is 5.92 Å². The summed E-state index contributed by atoms with van der Waals surface area (Å²) < 4.78 is 0. The first-order valence-electron chi connectivity index (χ1n) is 8.64. The summed E-state index contributed by atoms with van der Waals surface area (Å²) in [6, 6.07) is 0. The van der Waals surface area contributed by atoms with Gasteiger partial charge in [0.25, 0.3) is 0 Å². The van der Waals surface area contributed by atoms with Crippen molar-refractivity contribution in [3.05, 3.63) is 0 Å². The van der Waals surface area contributed by atoms with Crippen LogP contribution >= 0.6 is 0 Å². The van der Waals surface area contributed by atoms with Gasteiger partial charge in [-0.25, -0.2) is 0 Å². The van der Waals surface area contributed by atoms with E-state index < -0.39 is 5.54 Å². The fourth-order valence-corrected chi connectivity index (χ4v) is 3.61. The predicted octanol–water partition coefficient (Wildman–Crippen LogP) is 2.86. The maximum absolute atomic E-state index is 12.6. The van der Waals surface area contributed by atoms with Crippen molar-refractivity contribution in [3.63, 3.8) is 0 Å². The second kappa shape index (κ2) is 7.28. The van der Waals surface area contributed by atoms with Gasteiger partial charge in [0.15, 0.2) is 0 Å². The van der Waals surface area contributed by atoms with Gasteiger partial charge in [0.05, 0.1) is 6.54 Å². The molecule has 4 nitrogen and oxygen atoms in total. The third-order valence-electron chi connectivity index (χ3n) is 4.83. The quantitative estimate of drug-likeness (QED) is 0.734. The Balaban J connectivity index is 1.74. The van der Waals surface area contributed by atoms with E-state index in [1.165, 1.54) is 19.3 Å². The van der Waals surface area contributed by atoms with Crippen molar-refractivity contribution in [2.45, 2.75) is 77.2 Å². The number of rotatable bonds is 7. The van der Waals surface area contributed by atoms with Gasteiger partial charge in [-0.3, -0.25) is 9.59 Å². The zero-order valence-electron chi connectivity index (χ0n) is 13.6. The van der Waals surface area contributed by atoms with Gasteiger partial charge >= 0.3 is 0 Å². The van der Waals surface area contributed by atoms with E-state index in [1.54, 1.807) is 4.90 Å². The van der Waals surface area contributed by atoms with E-state index in [9.17, 15) is 9.59 Å². The topological polar surface area (TPSA) is 49.4 Å². The van der Waals surface area contributed by atoms with E-state index in [2.05, 4.69) is 19.2 Å². The van der Waals surface area contributed by atoms with Crippen LogP contribution in [0.15, 0.2) is 0 Å². The number of hydrogen-bond acceptors (Lipinski definition) is 2. The van der Waals surface area contributed by atoms with Gasteiger partial charge in [-0.15, -0.1) is 0 Å². The lowest BCUT2D eigenvalue weighted by molar-refractivity contribution is -0.149. The van der Waals surface area contributed by atoms with E-state index in [0.29, 0.717) is 0 Å². The number of nitrogens with one attached hydrogen (secondary N) is 1. The SMILES string of the molecule is CC(C)CCCCCCN1CC(=O)NC2(CCCC2)C1=O. The average molecular weight is 294 g/mol. The minimum absolute atomic E-state index is 0.0244. The molecule has 4 heteroatoms. The number of carbonyl (C=O) groups excluding carboxylic acids is 2. The van der Waals surface area contributed by atoms with Crippen LogP contribution in [-0.2, 0) is 9.59 Å². The Kier molecular flexibility index (Phi) is 5.65. The molecule has 2 rings (SSSR count).